The maximum absolute atomic E-state index is 11.7. The van der Waals surface area contributed by atoms with E-state index in [4.69, 9.17) is 5.11 Å². The van der Waals surface area contributed by atoms with Gasteiger partial charge >= 0.3 is 12.0 Å². The van der Waals surface area contributed by atoms with E-state index in [-0.39, 0.29) is 12.6 Å². The van der Waals surface area contributed by atoms with Gasteiger partial charge in [-0.15, -0.1) is 0 Å². The van der Waals surface area contributed by atoms with Gasteiger partial charge in [-0.2, -0.15) is 0 Å². The number of urea groups is 1. The largest absolute Gasteiger partial charge is 0.481 e. The van der Waals surface area contributed by atoms with Crippen LogP contribution < -0.4 is 5.32 Å². The molecular formula is C12H22N2O3. The van der Waals surface area contributed by atoms with Crippen molar-refractivity contribution in [2.75, 3.05) is 13.6 Å². The van der Waals surface area contributed by atoms with E-state index < -0.39 is 11.9 Å². The van der Waals surface area contributed by atoms with Crippen molar-refractivity contribution in [3.05, 3.63) is 0 Å². The smallest absolute Gasteiger partial charge is 0.317 e. The molecule has 0 heterocycles. The normalized spacial score (nSPS) is 23.9. The van der Waals surface area contributed by atoms with E-state index in [9.17, 15) is 9.59 Å². The molecule has 1 unspecified atom stereocenters. The van der Waals surface area contributed by atoms with Crippen molar-refractivity contribution >= 4 is 12.0 Å². The van der Waals surface area contributed by atoms with Crippen LogP contribution in [0.1, 0.15) is 33.1 Å². The number of carboxylic acid groups (broad SMARTS) is 1. The Bertz CT molecular complexity index is 293. The molecule has 3 atom stereocenters. The molecule has 0 aliphatic heterocycles. The van der Waals surface area contributed by atoms with E-state index in [1.165, 1.54) is 4.90 Å². The molecule has 98 valence electrons. The lowest BCUT2D eigenvalue weighted by atomic mass is 10.2. The summed E-state index contributed by atoms with van der Waals surface area (Å²) in [6.45, 7) is 3.98. The molecule has 0 spiro atoms. The second-order valence-corrected chi connectivity index (χ2v) is 4.96. The molecule has 2 N–H and O–H groups in total. The molecule has 0 radical (unpaired) electrons. The summed E-state index contributed by atoms with van der Waals surface area (Å²) in [5, 5.41) is 11.7. The Morgan fingerprint density at radius 3 is 2.71 bits per heavy atom. The highest BCUT2D eigenvalue weighted by Crippen LogP contribution is 2.34. The number of nitrogens with one attached hydrogen (secondary N) is 1. The minimum atomic E-state index is -0.875. The number of nitrogens with zero attached hydrogens (tertiary/aromatic N) is 1. The van der Waals surface area contributed by atoms with Crippen molar-refractivity contribution in [1.82, 2.24) is 10.2 Å². The fraction of sp³-hybridized carbons (Fsp3) is 0.833. The molecule has 0 aromatic rings. The summed E-state index contributed by atoms with van der Waals surface area (Å²) >= 11 is 0. The highest BCUT2D eigenvalue weighted by molar-refractivity contribution is 5.76. The van der Waals surface area contributed by atoms with Gasteiger partial charge in [0.1, 0.15) is 0 Å². The lowest BCUT2D eigenvalue weighted by Gasteiger charge is -2.20. The first-order valence-corrected chi connectivity index (χ1v) is 6.20. The van der Waals surface area contributed by atoms with Crippen molar-refractivity contribution in [3.8, 4) is 0 Å². The molecule has 1 aliphatic carbocycles. The molecule has 1 rings (SSSR count). The summed E-state index contributed by atoms with van der Waals surface area (Å²) in [5.74, 6) is -0.787. The van der Waals surface area contributed by atoms with Gasteiger partial charge in [-0.3, -0.25) is 4.79 Å². The molecule has 1 aliphatic rings. The summed E-state index contributed by atoms with van der Waals surface area (Å²) < 4.78 is 0. The molecule has 0 aromatic heterocycles. The zero-order valence-corrected chi connectivity index (χ0v) is 10.8. The van der Waals surface area contributed by atoms with Crippen LogP contribution in [0.25, 0.3) is 0 Å². The average molecular weight is 242 g/mol. The second kappa shape index (κ2) is 5.89. The van der Waals surface area contributed by atoms with Crippen LogP contribution >= 0.6 is 0 Å². The van der Waals surface area contributed by atoms with Gasteiger partial charge in [0, 0.05) is 19.6 Å². The summed E-state index contributed by atoms with van der Waals surface area (Å²) in [6.07, 6.45) is 3.35. The number of carbonyl (C=O) groups is 2. The quantitative estimate of drug-likeness (QED) is 0.742. The van der Waals surface area contributed by atoms with Gasteiger partial charge < -0.3 is 15.3 Å². The number of rotatable bonds is 6. The maximum Gasteiger partial charge on any atom is 0.317 e. The average Bonchev–Trinajstić information content (AvgIpc) is 2.96. The number of hydrogen-bond donors (Lipinski definition) is 2. The molecule has 0 bridgehead atoms. The Morgan fingerprint density at radius 1 is 1.53 bits per heavy atom. The van der Waals surface area contributed by atoms with Crippen molar-refractivity contribution in [1.29, 1.82) is 0 Å². The first-order chi connectivity index (χ1) is 7.95. The lowest BCUT2D eigenvalue weighted by Crippen LogP contribution is -2.42. The lowest BCUT2D eigenvalue weighted by molar-refractivity contribution is -0.141. The molecule has 5 heteroatoms. The molecule has 1 saturated carbocycles. The minimum absolute atomic E-state index is 0.165. The Balaban J connectivity index is 2.26. The van der Waals surface area contributed by atoms with Gasteiger partial charge in [0.2, 0.25) is 0 Å². The maximum atomic E-state index is 11.7. The Kier molecular flexibility index (Phi) is 4.78. The topological polar surface area (TPSA) is 69.6 Å². The summed E-state index contributed by atoms with van der Waals surface area (Å²) in [7, 11) is 1.63. The number of carboxylic acids is 1. The molecule has 2 amide bonds. The second-order valence-electron chi connectivity index (χ2n) is 4.96. The molecule has 5 nitrogen and oxygen atoms in total. The zero-order chi connectivity index (χ0) is 13.0. The summed E-state index contributed by atoms with van der Waals surface area (Å²) in [6, 6.07) is 0.131. The van der Waals surface area contributed by atoms with Crippen LogP contribution in [0.2, 0.25) is 0 Å². The van der Waals surface area contributed by atoms with Gasteiger partial charge in [-0.25, -0.2) is 4.79 Å². The monoisotopic (exact) mass is 242 g/mol. The zero-order valence-electron chi connectivity index (χ0n) is 10.8. The summed E-state index contributed by atoms with van der Waals surface area (Å²) in [4.78, 5) is 23.8. The van der Waals surface area contributed by atoms with Crippen LogP contribution in [0, 0.1) is 11.8 Å². The van der Waals surface area contributed by atoms with Crippen LogP contribution in [0.3, 0.4) is 0 Å². The third kappa shape index (κ3) is 4.24. The van der Waals surface area contributed by atoms with E-state index in [2.05, 4.69) is 12.2 Å². The Labute approximate surface area is 102 Å². The fourth-order valence-corrected chi connectivity index (χ4v) is 1.95. The Morgan fingerprint density at radius 2 is 2.18 bits per heavy atom. The van der Waals surface area contributed by atoms with E-state index >= 15 is 0 Å². The van der Waals surface area contributed by atoms with Crippen LogP contribution in [-0.2, 0) is 4.79 Å². The van der Waals surface area contributed by atoms with E-state index in [1.807, 2.05) is 0 Å². The molecule has 1 fully saturated rings. The van der Waals surface area contributed by atoms with Crippen LogP contribution in [-0.4, -0.2) is 41.6 Å². The third-order valence-corrected chi connectivity index (χ3v) is 3.21. The molecule has 0 aromatic carbocycles. The van der Waals surface area contributed by atoms with Crippen LogP contribution in [0.4, 0.5) is 4.79 Å². The van der Waals surface area contributed by atoms with E-state index in [1.54, 1.807) is 14.0 Å². The van der Waals surface area contributed by atoms with Crippen molar-refractivity contribution < 1.29 is 14.7 Å². The van der Waals surface area contributed by atoms with Crippen LogP contribution in [0.5, 0.6) is 0 Å². The molecule has 0 saturated heterocycles. The van der Waals surface area contributed by atoms with E-state index in [0.29, 0.717) is 12.0 Å². The fourth-order valence-electron chi connectivity index (χ4n) is 1.95. The van der Waals surface area contributed by atoms with E-state index in [0.717, 1.165) is 19.3 Å². The predicted octanol–water partition coefficient (Wildman–Crippen LogP) is 1.54. The van der Waals surface area contributed by atoms with Crippen molar-refractivity contribution in [2.24, 2.45) is 11.8 Å². The van der Waals surface area contributed by atoms with Crippen LogP contribution in [0.15, 0.2) is 0 Å². The first-order valence-electron chi connectivity index (χ1n) is 6.20. The standard InChI is InChI=1S/C12H22N2O3/c1-4-5-9-6-10(9)13-12(17)14(3)7-8(2)11(15)16/h8-10H,4-7H2,1-3H3,(H,13,17)(H,15,16)/t8?,9-,10-/m1/s1. The number of amides is 2. The molecule has 17 heavy (non-hydrogen) atoms. The number of carbonyl (C=O) groups excluding carboxylic acids is 1. The minimum Gasteiger partial charge on any atom is -0.481 e. The van der Waals surface area contributed by atoms with Gasteiger partial charge in [-0.1, -0.05) is 20.3 Å². The summed E-state index contributed by atoms with van der Waals surface area (Å²) in [5.41, 5.74) is 0. The molecular weight excluding hydrogens is 220 g/mol. The van der Waals surface area contributed by atoms with Crippen molar-refractivity contribution in [2.45, 2.75) is 39.2 Å². The van der Waals surface area contributed by atoms with Gasteiger partial charge in [0.25, 0.3) is 0 Å². The first kappa shape index (κ1) is 13.8. The highest BCUT2D eigenvalue weighted by Gasteiger charge is 2.37. The Hall–Kier alpha value is -1.26. The number of aliphatic carboxylic acids is 1. The van der Waals surface area contributed by atoms with Gasteiger partial charge in [-0.05, 0) is 18.8 Å². The number of hydrogen-bond acceptors (Lipinski definition) is 2. The van der Waals surface area contributed by atoms with Gasteiger partial charge in [0.05, 0.1) is 5.92 Å². The van der Waals surface area contributed by atoms with Crippen molar-refractivity contribution in [3.63, 3.8) is 0 Å². The third-order valence-electron chi connectivity index (χ3n) is 3.21. The highest BCUT2D eigenvalue weighted by atomic mass is 16.4. The van der Waals surface area contributed by atoms with Gasteiger partial charge in [0.15, 0.2) is 0 Å². The predicted molar refractivity (Wildman–Crippen MR) is 64.8 cm³/mol. The SMILES string of the molecule is CCC[C@@H]1C[C@H]1NC(=O)N(C)CC(C)C(=O)O.